The van der Waals surface area contributed by atoms with Gasteiger partial charge in [-0.3, -0.25) is 14.6 Å². The van der Waals surface area contributed by atoms with Gasteiger partial charge in [0.2, 0.25) is 0 Å². The van der Waals surface area contributed by atoms with Crippen molar-refractivity contribution in [2.45, 2.75) is 67.3 Å². The summed E-state index contributed by atoms with van der Waals surface area (Å²) >= 11 is 8.45. The zero-order valence-electron chi connectivity index (χ0n) is 36.4. The average molecular weight is 1080 g/mol. The molecule has 0 unspecified atom stereocenters. The van der Waals surface area contributed by atoms with E-state index in [1.165, 1.54) is 22.8 Å². The van der Waals surface area contributed by atoms with Crippen LogP contribution in [0.15, 0.2) is 106 Å². The van der Waals surface area contributed by atoms with Crippen molar-refractivity contribution in [3.8, 4) is 11.5 Å². The van der Waals surface area contributed by atoms with Crippen LogP contribution in [0.1, 0.15) is 61.9 Å². The molecule has 3 heterocycles. The lowest BCUT2D eigenvalue weighted by molar-refractivity contribution is -0.0435. The molecule has 0 radical (unpaired) electrons. The number of hydrogen-bond donors (Lipinski definition) is 3. The number of nitrogens with zero attached hydrogens (tertiary/aromatic N) is 3. The number of hydrogen-bond acceptors (Lipinski definition) is 10. The summed E-state index contributed by atoms with van der Waals surface area (Å²) in [5.74, 6) is -0.728. The second-order valence-electron chi connectivity index (χ2n) is 17.9. The summed E-state index contributed by atoms with van der Waals surface area (Å²) in [6.45, 7) is 9.60. The van der Waals surface area contributed by atoms with Crippen LogP contribution in [-0.2, 0) is 19.9 Å². The van der Waals surface area contributed by atoms with Gasteiger partial charge in [0.25, 0.3) is 25.8 Å². The lowest BCUT2D eigenvalue weighted by Crippen LogP contribution is -2.47. The van der Waals surface area contributed by atoms with E-state index in [4.69, 9.17) is 16.3 Å². The molecule has 2 aliphatic heterocycles. The van der Waals surface area contributed by atoms with Gasteiger partial charge in [-0.2, -0.15) is 13.2 Å². The molecule has 1 aliphatic carbocycles. The van der Waals surface area contributed by atoms with Crippen LogP contribution in [0.5, 0.6) is 11.5 Å². The zero-order valence-corrected chi connectivity index (χ0v) is 41.0. The number of rotatable bonds is 13. The summed E-state index contributed by atoms with van der Waals surface area (Å²) in [5.41, 5.74) is -0.502. The number of fused-ring (bicyclic) bond motifs is 1. The number of sulfone groups is 1. The Hall–Kier alpha value is -4.34. The summed E-state index contributed by atoms with van der Waals surface area (Å²) < 4.78 is 105. The van der Waals surface area contributed by atoms with Gasteiger partial charge in [0.15, 0.2) is 0 Å². The highest BCUT2D eigenvalue weighted by molar-refractivity contribution is 14.1. The van der Waals surface area contributed by atoms with E-state index in [0.717, 1.165) is 72.2 Å². The predicted octanol–water partition coefficient (Wildman–Crippen LogP) is 10.1. The van der Waals surface area contributed by atoms with Crippen molar-refractivity contribution in [3.63, 3.8) is 0 Å². The third-order valence-electron chi connectivity index (χ3n) is 12.7. The number of piperidine rings is 1. The first-order chi connectivity index (χ1) is 31.3. The molecule has 1 aromatic heterocycles. The van der Waals surface area contributed by atoms with Gasteiger partial charge in [0.1, 0.15) is 16.4 Å². The normalized spacial score (nSPS) is 18.1. The van der Waals surface area contributed by atoms with E-state index < -0.39 is 41.1 Å². The molecule has 2 fully saturated rings. The molecule has 66 heavy (non-hydrogen) atoms. The summed E-state index contributed by atoms with van der Waals surface area (Å²) in [7, 11) is -11.0. The Kier molecular flexibility index (Phi) is 14.1. The van der Waals surface area contributed by atoms with Crippen molar-refractivity contribution < 1.29 is 39.5 Å². The van der Waals surface area contributed by atoms with Crippen LogP contribution in [0, 0.1) is 5.41 Å². The predicted molar refractivity (Wildman–Crippen MR) is 261 cm³/mol. The fourth-order valence-electron chi connectivity index (χ4n) is 8.89. The maximum atomic E-state index is 14.0. The first-order valence-electron chi connectivity index (χ1n) is 21.7. The van der Waals surface area contributed by atoms with Crippen LogP contribution in [0.3, 0.4) is 0 Å². The highest BCUT2D eigenvalue weighted by Gasteiger charge is 2.48. The third-order valence-corrected chi connectivity index (χ3v) is 16.8. The number of carbonyl (C=O) groups excluding carboxylic acids is 1. The first kappa shape index (κ1) is 48.1. The Bertz CT molecular complexity index is 2860. The fourth-order valence-corrected chi connectivity index (χ4v) is 11.7. The largest absolute Gasteiger partial charge is 0.501 e. The number of piperazine rings is 1. The average Bonchev–Trinajstić information content (AvgIpc) is 3.75. The van der Waals surface area contributed by atoms with E-state index in [0.29, 0.717) is 55.9 Å². The van der Waals surface area contributed by atoms with E-state index >= 15 is 0 Å². The number of halogens is 5. The second kappa shape index (κ2) is 19.3. The lowest BCUT2D eigenvalue weighted by atomic mass is 9.72. The van der Waals surface area contributed by atoms with Gasteiger partial charge in [-0.1, -0.05) is 65.7 Å². The van der Waals surface area contributed by atoms with Gasteiger partial charge >= 0.3 is 5.51 Å². The quantitative estimate of drug-likeness (QED) is 0.0592. The number of nitrogens with one attached hydrogen (secondary N) is 3. The standard InChI is InChI=1S/C47H51ClF3IN6O6S2/c1-46(2)17-13-33(40(28-46)31-3-5-34(48)6-4-31)29-56-21-23-58(24-22-56)36-7-10-39(43(26-36)64-37-8-11-41-32(25-37)14-18-53-41)45(59)55-66(62,63)38-9-12-42(44(27-38)65(60,61)47(49,50)51)54-35-15-19-57(30-52)20-16-35/h3-12,14,18,25-27,35,53-54H,13,15-17,19-24,28-30H2,1-2H3,(H,55,59). The Balaban J connectivity index is 1.04. The van der Waals surface area contributed by atoms with Gasteiger partial charge in [0, 0.05) is 85.7 Å². The maximum absolute atomic E-state index is 14.0. The van der Waals surface area contributed by atoms with Gasteiger partial charge in [-0.15, -0.1) is 0 Å². The monoisotopic (exact) mass is 1080 g/mol. The second-order valence-corrected chi connectivity index (χ2v) is 22.6. The van der Waals surface area contributed by atoms with Crippen molar-refractivity contribution in [3.05, 3.63) is 113 Å². The minimum atomic E-state index is -6.02. The van der Waals surface area contributed by atoms with Crippen LogP contribution in [0.2, 0.25) is 5.02 Å². The summed E-state index contributed by atoms with van der Waals surface area (Å²) in [4.78, 5) is 21.8. The zero-order chi connectivity index (χ0) is 47.0. The molecular formula is C47H51ClF3IN6O6S2. The number of aromatic amines is 1. The number of aromatic nitrogens is 1. The molecule has 4 aromatic carbocycles. The van der Waals surface area contributed by atoms with Crippen LogP contribution in [0.25, 0.3) is 16.5 Å². The molecule has 3 aliphatic rings. The van der Waals surface area contributed by atoms with Crippen LogP contribution in [0.4, 0.5) is 24.5 Å². The van der Waals surface area contributed by atoms with Gasteiger partial charge < -0.3 is 19.9 Å². The molecule has 5 aromatic rings. The van der Waals surface area contributed by atoms with Crippen molar-refractivity contribution in [1.29, 1.82) is 0 Å². The smallest absolute Gasteiger partial charge is 0.456 e. The van der Waals surface area contributed by atoms with Gasteiger partial charge in [0.05, 0.1) is 20.7 Å². The van der Waals surface area contributed by atoms with Crippen molar-refractivity contribution in [2.75, 3.05) is 60.6 Å². The van der Waals surface area contributed by atoms with E-state index in [1.54, 1.807) is 36.5 Å². The number of H-pyrrole nitrogens is 1. The fraction of sp³-hybridized carbons (Fsp3) is 0.383. The van der Waals surface area contributed by atoms with Crippen molar-refractivity contribution in [1.82, 2.24) is 19.5 Å². The number of ether oxygens (including phenoxy) is 1. The first-order valence-corrected chi connectivity index (χ1v) is 26.6. The molecule has 19 heteroatoms. The van der Waals surface area contributed by atoms with Crippen LogP contribution >= 0.6 is 34.2 Å². The molecule has 0 atom stereocenters. The Morgan fingerprint density at radius 2 is 1.62 bits per heavy atom. The van der Waals surface area contributed by atoms with Crippen molar-refractivity contribution >= 4 is 87.8 Å². The highest BCUT2D eigenvalue weighted by Crippen LogP contribution is 2.44. The summed E-state index contributed by atoms with van der Waals surface area (Å²) in [5, 5.41) is 4.44. The number of benzene rings is 4. The molecule has 2 saturated heterocycles. The lowest BCUT2D eigenvalue weighted by Gasteiger charge is -2.39. The Labute approximate surface area is 402 Å². The summed E-state index contributed by atoms with van der Waals surface area (Å²) in [6, 6.07) is 22.1. The Morgan fingerprint density at radius 1 is 0.894 bits per heavy atom. The highest BCUT2D eigenvalue weighted by atomic mass is 127. The minimum Gasteiger partial charge on any atom is -0.456 e. The molecule has 0 spiro atoms. The van der Waals surface area contributed by atoms with Gasteiger partial charge in [-0.05, 0) is 115 Å². The van der Waals surface area contributed by atoms with Crippen molar-refractivity contribution in [2.24, 2.45) is 5.41 Å². The number of alkyl halides is 4. The molecular weight excluding hydrogens is 1030 g/mol. The SMILES string of the molecule is CC1(C)CCC(CN2CCN(c3ccc(C(=O)NS(=O)(=O)c4ccc(NC5CCN(CI)CC5)c(S(=O)(=O)C(F)(F)F)c4)c(Oc4ccc5[nH]ccc5c4)c3)CC2)=C(c2ccc(Cl)cc2)C1. The van der Waals surface area contributed by atoms with Crippen LogP contribution in [-0.4, -0.2) is 99.4 Å². The molecule has 352 valence electrons. The van der Waals surface area contributed by atoms with E-state index in [1.807, 2.05) is 22.9 Å². The number of likely N-dealkylation sites (tertiary alicyclic amines) is 1. The molecule has 0 bridgehead atoms. The minimum absolute atomic E-state index is 0.0357. The molecule has 0 saturated carbocycles. The number of sulfonamides is 1. The van der Waals surface area contributed by atoms with E-state index in [2.05, 4.69) is 73.6 Å². The van der Waals surface area contributed by atoms with E-state index in [-0.39, 0.29) is 28.5 Å². The number of anilines is 2. The molecule has 12 nitrogen and oxygen atoms in total. The van der Waals surface area contributed by atoms with Crippen LogP contribution < -0.4 is 19.7 Å². The Morgan fingerprint density at radius 3 is 2.32 bits per heavy atom. The molecule has 8 rings (SSSR count). The number of allylic oxidation sites excluding steroid dienone is 1. The third kappa shape index (κ3) is 10.8. The van der Waals surface area contributed by atoms with Gasteiger partial charge in [-0.25, -0.2) is 21.6 Å². The molecule has 1 amide bonds. The topological polar surface area (TPSA) is 144 Å². The number of amides is 1. The maximum Gasteiger partial charge on any atom is 0.501 e. The number of carbonyl (C=O) groups is 1. The summed E-state index contributed by atoms with van der Waals surface area (Å²) in [6.07, 6.45) is 5.93. The molecule has 3 N–H and O–H groups in total. The van der Waals surface area contributed by atoms with E-state index in [9.17, 15) is 34.8 Å².